The van der Waals surface area contributed by atoms with E-state index >= 15 is 0 Å². The van der Waals surface area contributed by atoms with Crippen molar-refractivity contribution in [3.63, 3.8) is 0 Å². The van der Waals surface area contributed by atoms with Gasteiger partial charge in [0.15, 0.2) is 5.96 Å². The van der Waals surface area contributed by atoms with Gasteiger partial charge in [0.25, 0.3) is 0 Å². The molecule has 2 atom stereocenters. The Morgan fingerprint density at radius 2 is 2.41 bits per heavy atom. The Balaban J connectivity index is 1.68. The molecule has 0 radical (unpaired) electrons. The monoisotopic (exact) mass is 358 g/mol. The number of rotatable bonds is 8. The minimum absolute atomic E-state index is 0.583. The van der Waals surface area contributed by atoms with Crippen molar-refractivity contribution in [2.75, 3.05) is 25.1 Å². The van der Waals surface area contributed by atoms with Gasteiger partial charge >= 0.3 is 0 Å². The molecule has 2 N–H and O–H groups in total. The molecule has 2 unspecified atom stereocenters. The first-order valence-electron chi connectivity index (χ1n) is 7.91. The fourth-order valence-electron chi connectivity index (χ4n) is 2.50. The lowest BCUT2D eigenvalue weighted by atomic mass is 10.2. The summed E-state index contributed by atoms with van der Waals surface area (Å²) in [6.07, 6.45) is 9.00. The van der Waals surface area contributed by atoms with Crippen LogP contribution in [0.25, 0.3) is 0 Å². The molecule has 1 fully saturated rings. The molecular weight excluding hydrogens is 332 g/mol. The quantitative estimate of drug-likeness (QED) is 0.322. The van der Waals surface area contributed by atoms with E-state index in [0.717, 1.165) is 40.8 Å². The Bertz CT molecular complexity index is 436. The lowest BCUT2D eigenvalue weighted by Crippen LogP contribution is -2.42. The highest BCUT2D eigenvalue weighted by atomic mass is 32.2. The van der Waals surface area contributed by atoms with E-state index < -0.39 is 0 Å². The predicted molar refractivity (Wildman–Crippen MR) is 102 cm³/mol. The van der Waals surface area contributed by atoms with E-state index in [1.165, 1.54) is 19.3 Å². The van der Waals surface area contributed by atoms with Crippen LogP contribution in [0.5, 0.6) is 0 Å². The molecule has 1 aliphatic rings. The van der Waals surface area contributed by atoms with E-state index in [4.69, 9.17) is 4.99 Å². The average Bonchev–Trinajstić information content (AvgIpc) is 3.18. The SMILES string of the molecule is CCNC(=NCCCSc1nccs1)NC1CCC(SC)C1. The van der Waals surface area contributed by atoms with Gasteiger partial charge in [0.05, 0.1) is 0 Å². The van der Waals surface area contributed by atoms with Crippen molar-refractivity contribution in [2.24, 2.45) is 4.99 Å². The third-order valence-corrected chi connectivity index (χ3v) is 6.76. The van der Waals surface area contributed by atoms with Crippen molar-refractivity contribution >= 4 is 40.8 Å². The normalized spacial score (nSPS) is 22.0. The minimum Gasteiger partial charge on any atom is -0.357 e. The first-order valence-corrected chi connectivity index (χ1v) is 11.1. The Morgan fingerprint density at radius 1 is 1.50 bits per heavy atom. The molecule has 0 bridgehead atoms. The number of nitrogens with one attached hydrogen (secondary N) is 2. The fourth-order valence-corrected chi connectivity index (χ4v) is 4.92. The van der Waals surface area contributed by atoms with E-state index in [9.17, 15) is 0 Å². The number of aliphatic imine (C=N–C) groups is 1. The Morgan fingerprint density at radius 3 is 3.09 bits per heavy atom. The van der Waals surface area contributed by atoms with Crippen LogP contribution in [0.4, 0.5) is 0 Å². The molecule has 1 aromatic rings. The molecule has 1 heterocycles. The lowest BCUT2D eigenvalue weighted by molar-refractivity contribution is 0.615. The maximum absolute atomic E-state index is 4.70. The molecule has 7 heteroatoms. The van der Waals surface area contributed by atoms with Gasteiger partial charge in [0.2, 0.25) is 0 Å². The summed E-state index contributed by atoms with van der Waals surface area (Å²) >= 11 is 5.52. The lowest BCUT2D eigenvalue weighted by Gasteiger charge is -2.17. The zero-order valence-corrected chi connectivity index (χ0v) is 15.8. The van der Waals surface area contributed by atoms with Crippen molar-refractivity contribution in [3.05, 3.63) is 11.6 Å². The highest BCUT2D eigenvalue weighted by Crippen LogP contribution is 2.28. The second-order valence-corrected chi connectivity index (χ2v) is 8.65. The van der Waals surface area contributed by atoms with E-state index in [-0.39, 0.29) is 0 Å². The van der Waals surface area contributed by atoms with Crippen molar-refractivity contribution in [3.8, 4) is 0 Å². The van der Waals surface area contributed by atoms with Crippen molar-refractivity contribution in [2.45, 2.75) is 48.2 Å². The van der Waals surface area contributed by atoms with Gasteiger partial charge in [-0.3, -0.25) is 4.99 Å². The van der Waals surface area contributed by atoms with Crippen LogP contribution in [-0.4, -0.2) is 47.3 Å². The van der Waals surface area contributed by atoms with Crippen molar-refractivity contribution in [1.29, 1.82) is 0 Å². The molecule has 0 aromatic carbocycles. The Hall–Kier alpha value is -0.400. The highest BCUT2D eigenvalue weighted by molar-refractivity contribution is 8.01. The molecule has 1 saturated carbocycles. The molecule has 0 spiro atoms. The topological polar surface area (TPSA) is 49.3 Å². The van der Waals surface area contributed by atoms with E-state index in [1.54, 1.807) is 11.3 Å². The average molecular weight is 359 g/mol. The molecule has 1 aliphatic carbocycles. The van der Waals surface area contributed by atoms with Crippen LogP contribution < -0.4 is 10.6 Å². The highest BCUT2D eigenvalue weighted by Gasteiger charge is 2.24. The van der Waals surface area contributed by atoms with Crippen LogP contribution in [0.3, 0.4) is 0 Å². The summed E-state index contributed by atoms with van der Waals surface area (Å²) in [5, 5.41) is 9.80. The summed E-state index contributed by atoms with van der Waals surface area (Å²) in [5.41, 5.74) is 0. The molecular formula is C15H26N4S3. The van der Waals surface area contributed by atoms with Gasteiger partial charge in [-0.05, 0) is 38.9 Å². The number of guanidine groups is 1. The standard InChI is InChI=1S/C15H26N4S3/c1-3-16-14(19-12-5-6-13(11-12)20-2)17-7-4-9-21-15-18-8-10-22-15/h8,10,12-13H,3-7,9,11H2,1-2H3,(H2,16,17,19). The van der Waals surface area contributed by atoms with Crippen LogP contribution in [0.15, 0.2) is 20.9 Å². The molecule has 0 saturated heterocycles. The zero-order chi connectivity index (χ0) is 15.6. The summed E-state index contributed by atoms with van der Waals surface area (Å²) in [4.78, 5) is 8.98. The second-order valence-electron chi connectivity index (χ2n) is 5.27. The Kier molecular flexibility index (Phi) is 8.47. The van der Waals surface area contributed by atoms with Crippen LogP contribution in [0.1, 0.15) is 32.6 Å². The van der Waals surface area contributed by atoms with Crippen LogP contribution in [0.2, 0.25) is 0 Å². The van der Waals surface area contributed by atoms with Gasteiger partial charge < -0.3 is 10.6 Å². The van der Waals surface area contributed by atoms with Gasteiger partial charge in [0.1, 0.15) is 4.34 Å². The fraction of sp³-hybridized carbons (Fsp3) is 0.733. The van der Waals surface area contributed by atoms with E-state index in [2.05, 4.69) is 28.8 Å². The summed E-state index contributed by atoms with van der Waals surface area (Å²) in [6, 6.07) is 0.583. The molecule has 2 rings (SSSR count). The number of thiazole rings is 1. The van der Waals surface area contributed by atoms with E-state index in [1.807, 2.05) is 35.1 Å². The largest absolute Gasteiger partial charge is 0.357 e. The molecule has 4 nitrogen and oxygen atoms in total. The second kappa shape index (κ2) is 10.4. The summed E-state index contributed by atoms with van der Waals surface area (Å²) in [6.45, 7) is 3.90. The number of aromatic nitrogens is 1. The molecule has 22 heavy (non-hydrogen) atoms. The molecule has 0 aliphatic heterocycles. The third-order valence-electron chi connectivity index (χ3n) is 3.61. The minimum atomic E-state index is 0.583. The predicted octanol–water partition coefficient (Wildman–Crippen LogP) is 3.46. The van der Waals surface area contributed by atoms with Gasteiger partial charge in [-0.25, -0.2) is 4.98 Å². The number of nitrogens with zero attached hydrogens (tertiary/aromatic N) is 2. The van der Waals surface area contributed by atoms with Crippen molar-refractivity contribution in [1.82, 2.24) is 15.6 Å². The first-order chi connectivity index (χ1) is 10.8. The summed E-state index contributed by atoms with van der Waals surface area (Å²) in [7, 11) is 0. The van der Waals surface area contributed by atoms with Gasteiger partial charge in [-0.1, -0.05) is 11.8 Å². The van der Waals surface area contributed by atoms with Crippen LogP contribution >= 0.6 is 34.9 Å². The molecule has 0 amide bonds. The maximum Gasteiger partial charge on any atom is 0.191 e. The van der Waals surface area contributed by atoms with Gasteiger partial charge in [-0.2, -0.15) is 11.8 Å². The van der Waals surface area contributed by atoms with Gasteiger partial charge in [-0.15, -0.1) is 11.3 Å². The number of hydrogen-bond donors (Lipinski definition) is 2. The number of thioether (sulfide) groups is 2. The van der Waals surface area contributed by atoms with E-state index in [0.29, 0.717) is 6.04 Å². The van der Waals surface area contributed by atoms with Crippen LogP contribution in [-0.2, 0) is 0 Å². The number of hydrogen-bond acceptors (Lipinski definition) is 5. The summed E-state index contributed by atoms with van der Waals surface area (Å²) < 4.78 is 1.16. The molecule has 124 valence electrons. The van der Waals surface area contributed by atoms with Gasteiger partial charge in [0, 0.05) is 41.7 Å². The molecule has 1 aromatic heterocycles. The summed E-state index contributed by atoms with van der Waals surface area (Å²) in [5.74, 6) is 2.06. The Labute approximate surface area is 146 Å². The zero-order valence-electron chi connectivity index (χ0n) is 13.4. The smallest absolute Gasteiger partial charge is 0.191 e. The van der Waals surface area contributed by atoms with Crippen LogP contribution in [0, 0.1) is 0 Å². The maximum atomic E-state index is 4.70. The first kappa shape index (κ1) is 17.9. The van der Waals surface area contributed by atoms with Crippen molar-refractivity contribution < 1.29 is 0 Å². The third kappa shape index (κ3) is 6.38.